The molecule has 116 valence electrons. The second-order valence-electron chi connectivity index (χ2n) is 4.35. The lowest BCUT2D eigenvalue weighted by Crippen LogP contribution is -2.47. The molecule has 0 aliphatic heterocycles. The molecule has 0 saturated carbocycles. The lowest BCUT2D eigenvalue weighted by Gasteiger charge is -2.16. The van der Waals surface area contributed by atoms with E-state index in [1.165, 1.54) is 11.3 Å². The molecule has 0 spiro atoms. The molecule has 1 aromatic rings. The van der Waals surface area contributed by atoms with Crippen LogP contribution in [0.3, 0.4) is 0 Å². The van der Waals surface area contributed by atoms with E-state index in [1.54, 1.807) is 13.1 Å². The minimum atomic E-state index is -1.47. The molecule has 0 fully saturated rings. The highest BCUT2D eigenvalue weighted by molar-refractivity contribution is 7.11. The summed E-state index contributed by atoms with van der Waals surface area (Å²) in [7, 11) is 0. The lowest BCUT2D eigenvalue weighted by molar-refractivity contribution is -0.145. The molecule has 8 nitrogen and oxygen atoms in total. The molecule has 2 amide bonds. The second-order valence-corrected chi connectivity index (χ2v) is 5.49. The van der Waals surface area contributed by atoms with Crippen LogP contribution in [0.4, 0.5) is 4.79 Å². The number of nitrogens with zero attached hydrogens (tertiary/aromatic N) is 1. The maximum Gasteiger partial charge on any atom is 0.326 e. The SMILES string of the molecule is CCc1cnc(C(C)NC(=O)N[C@H](CC(=O)O)C(=O)O)s1. The number of hydrogen-bond donors (Lipinski definition) is 4. The third-order valence-corrected chi connectivity index (χ3v) is 3.94. The summed E-state index contributed by atoms with van der Waals surface area (Å²) < 4.78 is 0. The van der Waals surface area contributed by atoms with E-state index in [4.69, 9.17) is 10.2 Å². The van der Waals surface area contributed by atoms with Crippen LogP contribution in [0.25, 0.3) is 0 Å². The fourth-order valence-electron chi connectivity index (χ4n) is 1.52. The van der Waals surface area contributed by atoms with Crippen LogP contribution in [0.2, 0.25) is 0 Å². The molecular weight excluding hydrogens is 298 g/mol. The zero-order chi connectivity index (χ0) is 16.0. The summed E-state index contributed by atoms with van der Waals surface area (Å²) in [5.74, 6) is -2.70. The summed E-state index contributed by atoms with van der Waals surface area (Å²) in [5, 5.41) is 22.8. The Morgan fingerprint density at radius 2 is 2.00 bits per heavy atom. The molecule has 1 aromatic heterocycles. The fourth-order valence-corrected chi connectivity index (χ4v) is 2.38. The van der Waals surface area contributed by atoms with Crippen LogP contribution in [0.1, 0.15) is 36.2 Å². The van der Waals surface area contributed by atoms with Crippen molar-refractivity contribution in [2.45, 2.75) is 38.8 Å². The van der Waals surface area contributed by atoms with Gasteiger partial charge in [-0.15, -0.1) is 11.3 Å². The summed E-state index contributed by atoms with van der Waals surface area (Å²) >= 11 is 1.45. The first-order chi connectivity index (χ1) is 9.83. The van der Waals surface area contributed by atoms with E-state index in [0.717, 1.165) is 11.3 Å². The predicted octanol–water partition coefficient (Wildman–Crippen LogP) is 0.994. The van der Waals surface area contributed by atoms with Crippen LogP contribution in [0.15, 0.2) is 6.20 Å². The molecule has 0 aliphatic rings. The number of nitrogens with one attached hydrogen (secondary N) is 2. The Balaban J connectivity index is 2.58. The topological polar surface area (TPSA) is 129 Å². The van der Waals surface area contributed by atoms with Gasteiger partial charge in [0.15, 0.2) is 0 Å². The first-order valence-corrected chi connectivity index (χ1v) is 7.11. The minimum absolute atomic E-state index is 0.394. The largest absolute Gasteiger partial charge is 0.481 e. The maximum absolute atomic E-state index is 11.7. The highest BCUT2D eigenvalue weighted by atomic mass is 32.1. The average molecular weight is 315 g/mol. The summed E-state index contributed by atoms with van der Waals surface area (Å²) in [4.78, 5) is 38.3. The molecule has 0 aromatic carbocycles. The van der Waals surface area contributed by atoms with Gasteiger partial charge in [0.25, 0.3) is 0 Å². The van der Waals surface area contributed by atoms with E-state index < -0.39 is 36.5 Å². The number of urea groups is 1. The molecule has 4 N–H and O–H groups in total. The van der Waals surface area contributed by atoms with Crippen molar-refractivity contribution < 1.29 is 24.6 Å². The number of carbonyl (C=O) groups is 3. The van der Waals surface area contributed by atoms with Gasteiger partial charge in [0.2, 0.25) is 0 Å². The van der Waals surface area contributed by atoms with E-state index >= 15 is 0 Å². The minimum Gasteiger partial charge on any atom is -0.481 e. The quantitative estimate of drug-likeness (QED) is 0.594. The van der Waals surface area contributed by atoms with Crippen molar-refractivity contribution in [3.05, 3.63) is 16.1 Å². The van der Waals surface area contributed by atoms with Crippen molar-refractivity contribution in [1.29, 1.82) is 0 Å². The van der Waals surface area contributed by atoms with Crippen LogP contribution >= 0.6 is 11.3 Å². The fraction of sp³-hybridized carbons (Fsp3) is 0.500. The van der Waals surface area contributed by atoms with Gasteiger partial charge in [-0.2, -0.15) is 0 Å². The molecule has 0 aliphatic carbocycles. The van der Waals surface area contributed by atoms with Crippen LogP contribution in [0, 0.1) is 0 Å². The number of aromatic nitrogens is 1. The van der Waals surface area contributed by atoms with Gasteiger partial charge in [0, 0.05) is 11.1 Å². The van der Waals surface area contributed by atoms with Crippen molar-refractivity contribution in [1.82, 2.24) is 15.6 Å². The first-order valence-electron chi connectivity index (χ1n) is 6.29. The summed E-state index contributed by atoms with van der Waals surface area (Å²) in [6, 6.07) is -2.61. The van der Waals surface area contributed by atoms with Gasteiger partial charge in [-0.3, -0.25) is 4.79 Å². The Morgan fingerprint density at radius 1 is 1.33 bits per heavy atom. The summed E-state index contributed by atoms with van der Waals surface area (Å²) in [6.45, 7) is 3.70. The van der Waals surface area contributed by atoms with Crippen molar-refractivity contribution in [2.75, 3.05) is 0 Å². The van der Waals surface area contributed by atoms with Gasteiger partial charge in [0.05, 0.1) is 12.5 Å². The molecule has 0 saturated heterocycles. The number of thiazole rings is 1. The molecule has 9 heteroatoms. The zero-order valence-corrected chi connectivity index (χ0v) is 12.4. The highest BCUT2D eigenvalue weighted by Crippen LogP contribution is 2.19. The van der Waals surface area contributed by atoms with Gasteiger partial charge < -0.3 is 20.8 Å². The van der Waals surface area contributed by atoms with Crippen molar-refractivity contribution in [2.24, 2.45) is 0 Å². The van der Waals surface area contributed by atoms with Crippen molar-refractivity contribution >= 4 is 29.3 Å². The monoisotopic (exact) mass is 315 g/mol. The molecule has 0 radical (unpaired) electrons. The average Bonchev–Trinajstić information content (AvgIpc) is 2.85. The Hall–Kier alpha value is -2.16. The summed E-state index contributed by atoms with van der Waals surface area (Å²) in [6.07, 6.45) is 1.88. The Bertz CT molecular complexity index is 531. The van der Waals surface area contributed by atoms with Gasteiger partial charge in [-0.05, 0) is 13.3 Å². The van der Waals surface area contributed by atoms with E-state index in [9.17, 15) is 14.4 Å². The normalized spacial score (nSPS) is 13.2. The summed E-state index contributed by atoms with van der Waals surface area (Å²) in [5.41, 5.74) is 0. The zero-order valence-electron chi connectivity index (χ0n) is 11.6. The maximum atomic E-state index is 11.7. The number of carbonyl (C=O) groups excluding carboxylic acids is 1. The number of hydrogen-bond acceptors (Lipinski definition) is 5. The third kappa shape index (κ3) is 5.38. The van der Waals surface area contributed by atoms with Crippen molar-refractivity contribution in [3.63, 3.8) is 0 Å². The number of carboxylic acids is 2. The molecule has 21 heavy (non-hydrogen) atoms. The lowest BCUT2D eigenvalue weighted by atomic mass is 10.2. The molecule has 0 bridgehead atoms. The Morgan fingerprint density at radius 3 is 2.48 bits per heavy atom. The molecule has 1 rings (SSSR count). The van der Waals surface area contributed by atoms with E-state index in [-0.39, 0.29) is 0 Å². The van der Waals surface area contributed by atoms with Crippen LogP contribution in [-0.4, -0.2) is 39.2 Å². The molecular formula is C12H17N3O5S. The Kier molecular flexibility index (Phi) is 6.10. The Labute approximate surface area is 125 Å². The van der Waals surface area contributed by atoms with E-state index in [1.807, 2.05) is 6.92 Å². The molecule has 1 unspecified atom stereocenters. The van der Waals surface area contributed by atoms with Gasteiger partial charge in [0.1, 0.15) is 11.0 Å². The van der Waals surface area contributed by atoms with Crippen LogP contribution in [-0.2, 0) is 16.0 Å². The third-order valence-electron chi connectivity index (χ3n) is 2.62. The molecule has 1 heterocycles. The number of rotatable bonds is 7. The van der Waals surface area contributed by atoms with E-state index in [0.29, 0.717) is 5.01 Å². The first kappa shape index (κ1) is 16.9. The number of aliphatic carboxylic acids is 2. The van der Waals surface area contributed by atoms with Gasteiger partial charge in [-0.25, -0.2) is 14.6 Å². The van der Waals surface area contributed by atoms with E-state index in [2.05, 4.69) is 15.6 Å². The van der Waals surface area contributed by atoms with Crippen LogP contribution < -0.4 is 10.6 Å². The smallest absolute Gasteiger partial charge is 0.326 e. The van der Waals surface area contributed by atoms with Crippen LogP contribution in [0.5, 0.6) is 0 Å². The number of aryl methyl sites for hydroxylation is 1. The number of carboxylic acid groups (broad SMARTS) is 2. The standard InChI is InChI=1S/C12H17N3O5S/c1-3-7-5-13-10(21-7)6(2)14-12(20)15-8(11(18)19)4-9(16)17/h5-6,8H,3-4H2,1-2H3,(H,16,17)(H,18,19)(H2,14,15,20)/t6?,8-/m1/s1. The second kappa shape index (κ2) is 7.58. The van der Waals surface area contributed by atoms with Gasteiger partial charge in [-0.1, -0.05) is 6.92 Å². The predicted molar refractivity (Wildman–Crippen MR) is 75.3 cm³/mol. The number of amides is 2. The van der Waals surface area contributed by atoms with Gasteiger partial charge >= 0.3 is 18.0 Å². The van der Waals surface area contributed by atoms with Crippen molar-refractivity contribution in [3.8, 4) is 0 Å². The molecule has 2 atom stereocenters. The highest BCUT2D eigenvalue weighted by Gasteiger charge is 2.24.